The van der Waals surface area contributed by atoms with Crippen molar-refractivity contribution in [3.05, 3.63) is 104 Å². The summed E-state index contributed by atoms with van der Waals surface area (Å²) in [5.41, 5.74) is 2.02. The molecule has 1 aromatic heterocycles. The van der Waals surface area contributed by atoms with Gasteiger partial charge in [-0.15, -0.1) is 0 Å². The van der Waals surface area contributed by atoms with Crippen molar-refractivity contribution in [3.63, 3.8) is 0 Å². The van der Waals surface area contributed by atoms with Crippen molar-refractivity contribution in [1.82, 2.24) is 0 Å². The van der Waals surface area contributed by atoms with Gasteiger partial charge in [0.2, 0.25) is 5.76 Å². The van der Waals surface area contributed by atoms with Crippen molar-refractivity contribution in [3.8, 4) is 5.75 Å². The van der Waals surface area contributed by atoms with E-state index in [1.54, 1.807) is 23.1 Å². The minimum absolute atomic E-state index is 0.0842. The number of amides is 1. The number of rotatable bonds is 6. The molecule has 1 unspecified atom stereocenters. The zero-order valence-electron chi connectivity index (χ0n) is 18.1. The summed E-state index contributed by atoms with van der Waals surface area (Å²) in [5.74, 6) is 0.462. The van der Waals surface area contributed by atoms with E-state index in [9.17, 15) is 9.59 Å². The van der Waals surface area contributed by atoms with Crippen molar-refractivity contribution in [2.24, 2.45) is 0 Å². The van der Waals surface area contributed by atoms with E-state index in [1.807, 2.05) is 54.6 Å². The van der Waals surface area contributed by atoms with Crippen LogP contribution in [0.4, 0.5) is 5.69 Å². The quantitative estimate of drug-likeness (QED) is 0.282. The number of ether oxygens (including phenoxy) is 1. The molecule has 6 heteroatoms. The van der Waals surface area contributed by atoms with Crippen LogP contribution in [0.2, 0.25) is 0 Å². The van der Waals surface area contributed by atoms with Crippen LogP contribution in [0.25, 0.3) is 11.0 Å². The predicted molar refractivity (Wildman–Crippen MR) is 132 cm³/mol. The van der Waals surface area contributed by atoms with Gasteiger partial charge in [-0.25, -0.2) is 0 Å². The SMILES string of the molecule is CCCCOc1cccc(C2c3c(oc4ccc(Br)cc4c3=O)C(=O)N2c2ccccc2)c1. The fourth-order valence-electron chi connectivity index (χ4n) is 4.22. The lowest BCUT2D eigenvalue weighted by molar-refractivity contribution is 0.0971. The van der Waals surface area contributed by atoms with Crippen LogP contribution in [-0.4, -0.2) is 12.5 Å². The molecule has 3 aromatic carbocycles. The van der Waals surface area contributed by atoms with Gasteiger partial charge in [0.1, 0.15) is 11.3 Å². The Morgan fingerprint density at radius 1 is 1.00 bits per heavy atom. The van der Waals surface area contributed by atoms with E-state index in [4.69, 9.17) is 9.15 Å². The molecule has 0 saturated heterocycles. The third kappa shape index (κ3) is 3.85. The van der Waals surface area contributed by atoms with E-state index >= 15 is 0 Å². The van der Waals surface area contributed by atoms with Gasteiger partial charge >= 0.3 is 0 Å². The molecule has 0 bridgehead atoms. The average molecular weight is 504 g/mol. The first-order valence-corrected chi connectivity index (χ1v) is 11.8. The molecule has 33 heavy (non-hydrogen) atoms. The molecule has 0 fully saturated rings. The second-order valence-electron chi connectivity index (χ2n) is 8.00. The first-order chi connectivity index (χ1) is 16.1. The number of nitrogens with zero attached hydrogens (tertiary/aromatic N) is 1. The summed E-state index contributed by atoms with van der Waals surface area (Å²) in [6.45, 7) is 2.73. The summed E-state index contributed by atoms with van der Waals surface area (Å²) in [6, 6.07) is 21.6. The molecule has 1 aliphatic rings. The molecular formula is C27H22BrNO4. The van der Waals surface area contributed by atoms with Gasteiger partial charge in [-0.2, -0.15) is 0 Å². The molecule has 2 heterocycles. The van der Waals surface area contributed by atoms with Crippen LogP contribution in [0.1, 0.15) is 47.5 Å². The van der Waals surface area contributed by atoms with E-state index in [1.165, 1.54) is 0 Å². The van der Waals surface area contributed by atoms with Crippen LogP contribution in [0.5, 0.6) is 5.75 Å². The fraction of sp³-hybridized carbons (Fsp3) is 0.185. The van der Waals surface area contributed by atoms with Gasteiger partial charge in [-0.1, -0.05) is 59.6 Å². The predicted octanol–water partition coefficient (Wildman–Crippen LogP) is 6.48. The Morgan fingerprint density at radius 2 is 1.82 bits per heavy atom. The molecule has 0 spiro atoms. The summed E-state index contributed by atoms with van der Waals surface area (Å²) in [5, 5.41) is 0.436. The zero-order valence-corrected chi connectivity index (χ0v) is 19.7. The van der Waals surface area contributed by atoms with Gasteiger partial charge in [-0.05, 0) is 54.4 Å². The van der Waals surface area contributed by atoms with Gasteiger partial charge in [-0.3, -0.25) is 14.5 Å². The standard InChI is InChI=1S/C27H22BrNO4/c1-2-3-14-32-20-11-7-8-17(15-20)24-23-25(30)21-16-18(28)12-13-22(21)33-26(23)27(31)29(24)19-9-5-4-6-10-19/h4-13,15-16,24H,2-3,14H2,1H3. The third-order valence-electron chi connectivity index (χ3n) is 5.81. The number of carbonyl (C=O) groups is 1. The summed E-state index contributed by atoms with van der Waals surface area (Å²) >= 11 is 3.43. The number of para-hydroxylation sites is 1. The highest BCUT2D eigenvalue weighted by molar-refractivity contribution is 9.10. The number of hydrogen-bond acceptors (Lipinski definition) is 4. The molecule has 5 rings (SSSR count). The number of unbranched alkanes of at least 4 members (excludes halogenated alkanes) is 1. The summed E-state index contributed by atoms with van der Waals surface area (Å²) in [4.78, 5) is 28.9. The first kappa shape index (κ1) is 21.5. The number of halogens is 1. The van der Waals surface area contributed by atoms with Crippen LogP contribution >= 0.6 is 15.9 Å². The second kappa shape index (κ2) is 8.87. The number of carbonyl (C=O) groups excluding carboxylic acids is 1. The summed E-state index contributed by atoms with van der Waals surface area (Å²) in [6.07, 6.45) is 1.99. The highest BCUT2D eigenvalue weighted by Crippen LogP contribution is 2.42. The minimum Gasteiger partial charge on any atom is -0.494 e. The van der Waals surface area contributed by atoms with Gasteiger partial charge in [0, 0.05) is 10.2 Å². The molecule has 5 nitrogen and oxygen atoms in total. The molecule has 4 aromatic rings. The second-order valence-corrected chi connectivity index (χ2v) is 8.92. The molecule has 0 N–H and O–H groups in total. The van der Waals surface area contributed by atoms with Crippen LogP contribution in [0, 0.1) is 0 Å². The molecule has 0 radical (unpaired) electrons. The first-order valence-electron chi connectivity index (χ1n) is 11.0. The lowest BCUT2D eigenvalue weighted by atomic mass is 9.98. The zero-order chi connectivity index (χ0) is 22.9. The molecule has 166 valence electrons. The van der Waals surface area contributed by atoms with Crippen LogP contribution < -0.4 is 15.1 Å². The van der Waals surface area contributed by atoms with Gasteiger partial charge in [0.05, 0.1) is 23.6 Å². The average Bonchev–Trinajstić information content (AvgIpc) is 3.13. The number of fused-ring (bicyclic) bond motifs is 2. The van der Waals surface area contributed by atoms with E-state index in [2.05, 4.69) is 22.9 Å². The lowest BCUT2D eigenvalue weighted by Gasteiger charge is -2.25. The Labute approximate surface area is 199 Å². The Kier molecular flexibility index (Phi) is 5.77. The fourth-order valence-corrected chi connectivity index (χ4v) is 4.59. The van der Waals surface area contributed by atoms with E-state index in [0.717, 1.165) is 22.9 Å². The molecule has 1 atom stereocenters. The third-order valence-corrected chi connectivity index (χ3v) is 6.30. The Balaban J connectivity index is 1.71. The maximum absolute atomic E-state index is 13.7. The summed E-state index contributed by atoms with van der Waals surface area (Å²) in [7, 11) is 0. The van der Waals surface area contributed by atoms with E-state index in [0.29, 0.717) is 34.6 Å². The maximum atomic E-state index is 13.7. The number of anilines is 1. The lowest BCUT2D eigenvalue weighted by Crippen LogP contribution is -2.29. The molecular weight excluding hydrogens is 482 g/mol. The van der Waals surface area contributed by atoms with Crippen molar-refractivity contribution >= 4 is 38.5 Å². The summed E-state index contributed by atoms with van der Waals surface area (Å²) < 4.78 is 12.7. The largest absolute Gasteiger partial charge is 0.494 e. The highest BCUT2D eigenvalue weighted by Gasteiger charge is 2.43. The van der Waals surface area contributed by atoms with Gasteiger partial charge in [0.15, 0.2) is 5.43 Å². The molecule has 1 aliphatic heterocycles. The Hall–Kier alpha value is -3.38. The number of benzene rings is 3. The molecule has 0 aliphatic carbocycles. The van der Waals surface area contributed by atoms with E-state index < -0.39 is 6.04 Å². The van der Waals surface area contributed by atoms with Gasteiger partial charge in [0.25, 0.3) is 5.91 Å². The van der Waals surface area contributed by atoms with Crippen LogP contribution in [0.15, 0.2) is 86.5 Å². The monoisotopic (exact) mass is 503 g/mol. The van der Waals surface area contributed by atoms with Crippen LogP contribution in [0.3, 0.4) is 0 Å². The normalized spacial score (nSPS) is 15.2. The van der Waals surface area contributed by atoms with Gasteiger partial charge < -0.3 is 9.15 Å². The Bertz CT molecular complexity index is 1400. The maximum Gasteiger partial charge on any atom is 0.295 e. The van der Waals surface area contributed by atoms with Crippen molar-refractivity contribution < 1.29 is 13.9 Å². The van der Waals surface area contributed by atoms with Crippen molar-refractivity contribution in [2.75, 3.05) is 11.5 Å². The Morgan fingerprint density at radius 3 is 2.61 bits per heavy atom. The smallest absolute Gasteiger partial charge is 0.295 e. The molecule has 0 saturated carbocycles. The van der Waals surface area contributed by atoms with Crippen molar-refractivity contribution in [1.29, 1.82) is 0 Å². The van der Waals surface area contributed by atoms with Crippen LogP contribution in [-0.2, 0) is 0 Å². The highest BCUT2D eigenvalue weighted by atomic mass is 79.9. The van der Waals surface area contributed by atoms with E-state index in [-0.39, 0.29) is 17.1 Å². The van der Waals surface area contributed by atoms with Crippen molar-refractivity contribution in [2.45, 2.75) is 25.8 Å². The molecule has 1 amide bonds. The topological polar surface area (TPSA) is 59.8 Å². The minimum atomic E-state index is -0.621. The number of hydrogen-bond donors (Lipinski definition) is 0.